The molecule has 0 aliphatic rings. The van der Waals surface area contributed by atoms with Crippen LogP contribution in [0.4, 0.5) is 17.1 Å². The van der Waals surface area contributed by atoms with Crippen LogP contribution in [0.2, 0.25) is 0 Å². The van der Waals surface area contributed by atoms with Crippen molar-refractivity contribution in [2.45, 2.75) is 26.2 Å². The maximum atomic E-state index is 3.50. The Morgan fingerprint density at radius 3 is 1.95 bits per heavy atom. The number of hydrogen-bond acceptors (Lipinski definition) is 2. The molecule has 2 N–H and O–H groups in total. The van der Waals surface area contributed by atoms with Crippen molar-refractivity contribution in [2.24, 2.45) is 0 Å². The molecule has 19 heavy (non-hydrogen) atoms. The van der Waals surface area contributed by atoms with Crippen molar-refractivity contribution in [1.82, 2.24) is 0 Å². The number of para-hydroxylation sites is 1. The van der Waals surface area contributed by atoms with E-state index in [4.69, 9.17) is 0 Å². The summed E-state index contributed by atoms with van der Waals surface area (Å²) in [6.07, 6.45) is 0. The first-order chi connectivity index (χ1) is 9.00. The summed E-state index contributed by atoms with van der Waals surface area (Å²) in [6, 6.07) is 16.8. The van der Waals surface area contributed by atoms with Crippen LogP contribution < -0.4 is 10.6 Å². The van der Waals surface area contributed by atoms with Gasteiger partial charge in [0.1, 0.15) is 0 Å². The normalized spacial score (nSPS) is 11.2. The Balaban J connectivity index is 2.28. The Bertz CT molecular complexity index is 536. The van der Waals surface area contributed by atoms with Crippen LogP contribution in [-0.2, 0) is 5.41 Å². The molecule has 2 aromatic rings. The highest BCUT2D eigenvalue weighted by atomic mass is 14.9. The van der Waals surface area contributed by atoms with Gasteiger partial charge in [-0.25, -0.2) is 0 Å². The van der Waals surface area contributed by atoms with Crippen molar-refractivity contribution in [3.8, 4) is 0 Å². The number of anilines is 3. The lowest BCUT2D eigenvalue weighted by Crippen LogP contribution is -2.13. The molecule has 2 rings (SSSR count). The summed E-state index contributed by atoms with van der Waals surface area (Å²) in [5, 5.41) is 6.63. The van der Waals surface area contributed by atoms with Crippen LogP contribution >= 0.6 is 0 Å². The van der Waals surface area contributed by atoms with Gasteiger partial charge in [0.2, 0.25) is 0 Å². The van der Waals surface area contributed by atoms with Crippen LogP contribution in [0, 0.1) is 0 Å². The first-order valence-electron chi connectivity index (χ1n) is 6.65. The molecule has 100 valence electrons. The van der Waals surface area contributed by atoms with Gasteiger partial charge in [-0.2, -0.15) is 0 Å². The zero-order chi connectivity index (χ0) is 13.9. The van der Waals surface area contributed by atoms with Crippen LogP contribution in [-0.4, -0.2) is 7.05 Å². The number of rotatable bonds is 3. The van der Waals surface area contributed by atoms with Crippen molar-refractivity contribution in [3.05, 3.63) is 54.1 Å². The minimum Gasteiger partial charge on any atom is -0.388 e. The van der Waals surface area contributed by atoms with Gasteiger partial charge in [0.25, 0.3) is 0 Å². The summed E-state index contributed by atoms with van der Waals surface area (Å²) in [5.41, 5.74) is 4.86. The van der Waals surface area contributed by atoms with E-state index >= 15 is 0 Å². The summed E-state index contributed by atoms with van der Waals surface area (Å²) in [6.45, 7) is 6.70. The number of benzene rings is 2. The third-order valence-corrected chi connectivity index (χ3v) is 3.19. The molecule has 0 bridgehead atoms. The summed E-state index contributed by atoms with van der Waals surface area (Å²) in [4.78, 5) is 0. The van der Waals surface area contributed by atoms with Crippen LogP contribution in [0.5, 0.6) is 0 Å². The minimum absolute atomic E-state index is 0.133. The van der Waals surface area contributed by atoms with E-state index < -0.39 is 0 Å². The molecule has 0 atom stereocenters. The molecule has 0 saturated carbocycles. The molecule has 2 aromatic carbocycles. The zero-order valence-electron chi connectivity index (χ0n) is 12.1. The highest BCUT2D eigenvalue weighted by Crippen LogP contribution is 2.31. The highest BCUT2D eigenvalue weighted by Gasteiger charge is 2.17. The highest BCUT2D eigenvalue weighted by molar-refractivity contribution is 5.66. The predicted molar refractivity (Wildman–Crippen MR) is 84.4 cm³/mol. The summed E-state index contributed by atoms with van der Waals surface area (Å²) >= 11 is 0. The third-order valence-electron chi connectivity index (χ3n) is 3.19. The Kier molecular flexibility index (Phi) is 3.79. The molecule has 2 nitrogen and oxygen atoms in total. The number of nitrogens with one attached hydrogen (secondary N) is 2. The molecular formula is C17H22N2. The second-order valence-corrected chi connectivity index (χ2v) is 5.75. The summed E-state index contributed by atoms with van der Waals surface area (Å²) in [5.74, 6) is 0. The number of hydrogen-bond donors (Lipinski definition) is 2. The Labute approximate surface area is 115 Å². The predicted octanol–water partition coefficient (Wildman–Crippen LogP) is 4.77. The molecule has 0 aromatic heterocycles. The smallest absolute Gasteiger partial charge is 0.0422 e. The lowest BCUT2D eigenvalue weighted by molar-refractivity contribution is 0.592. The maximum absolute atomic E-state index is 3.50. The molecule has 0 fully saturated rings. The first kappa shape index (κ1) is 13.5. The van der Waals surface area contributed by atoms with Gasteiger partial charge in [0, 0.05) is 24.1 Å². The molecule has 0 spiro atoms. The van der Waals surface area contributed by atoms with E-state index in [-0.39, 0.29) is 5.41 Å². The monoisotopic (exact) mass is 254 g/mol. The molecule has 2 heteroatoms. The Morgan fingerprint density at radius 1 is 0.789 bits per heavy atom. The van der Waals surface area contributed by atoms with Crippen molar-refractivity contribution in [1.29, 1.82) is 0 Å². The van der Waals surface area contributed by atoms with E-state index in [0.717, 1.165) is 11.4 Å². The van der Waals surface area contributed by atoms with Gasteiger partial charge in [-0.3, -0.25) is 0 Å². The molecule has 0 radical (unpaired) electrons. The molecule has 0 amide bonds. The summed E-state index contributed by atoms with van der Waals surface area (Å²) < 4.78 is 0. The Morgan fingerprint density at radius 2 is 1.37 bits per heavy atom. The van der Waals surface area contributed by atoms with Crippen molar-refractivity contribution in [3.63, 3.8) is 0 Å². The van der Waals surface area contributed by atoms with E-state index in [1.807, 2.05) is 7.05 Å². The standard InChI is InChI=1S/C17H22N2/c1-17(2,3)15-7-5-6-8-16(15)19-14-11-9-13(18-4)10-12-14/h5-12,18-19H,1-4H3. The molecular weight excluding hydrogens is 232 g/mol. The van der Waals surface area contributed by atoms with E-state index in [0.29, 0.717) is 0 Å². The van der Waals surface area contributed by atoms with Gasteiger partial charge in [0.15, 0.2) is 0 Å². The minimum atomic E-state index is 0.133. The third kappa shape index (κ3) is 3.28. The van der Waals surface area contributed by atoms with Crippen LogP contribution in [0.1, 0.15) is 26.3 Å². The van der Waals surface area contributed by atoms with Gasteiger partial charge in [-0.05, 0) is 41.3 Å². The summed E-state index contributed by atoms with van der Waals surface area (Å²) in [7, 11) is 1.93. The average Bonchev–Trinajstić information content (AvgIpc) is 2.39. The van der Waals surface area contributed by atoms with Crippen LogP contribution in [0.15, 0.2) is 48.5 Å². The second-order valence-electron chi connectivity index (χ2n) is 5.75. The average molecular weight is 254 g/mol. The van der Waals surface area contributed by atoms with E-state index in [1.165, 1.54) is 11.3 Å². The van der Waals surface area contributed by atoms with Gasteiger partial charge in [-0.1, -0.05) is 39.0 Å². The Hall–Kier alpha value is -1.96. The topological polar surface area (TPSA) is 24.1 Å². The zero-order valence-corrected chi connectivity index (χ0v) is 12.1. The molecule has 0 aliphatic carbocycles. The maximum Gasteiger partial charge on any atom is 0.0422 e. The fraction of sp³-hybridized carbons (Fsp3) is 0.294. The van der Waals surface area contributed by atoms with Crippen molar-refractivity contribution >= 4 is 17.1 Å². The second kappa shape index (κ2) is 5.35. The van der Waals surface area contributed by atoms with Crippen molar-refractivity contribution < 1.29 is 0 Å². The molecule has 0 unspecified atom stereocenters. The fourth-order valence-corrected chi connectivity index (χ4v) is 2.12. The van der Waals surface area contributed by atoms with Crippen LogP contribution in [0.3, 0.4) is 0 Å². The van der Waals surface area contributed by atoms with Gasteiger partial charge in [0.05, 0.1) is 0 Å². The quantitative estimate of drug-likeness (QED) is 0.824. The largest absolute Gasteiger partial charge is 0.388 e. The van der Waals surface area contributed by atoms with Gasteiger partial charge < -0.3 is 10.6 Å². The van der Waals surface area contributed by atoms with Gasteiger partial charge in [-0.15, -0.1) is 0 Å². The fourth-order valence-electron chi connectivity index (χ4n) is 2.12. The lowest BCUT2D eigenvalue weighted by atomic mass is 9.86. The van der Waals surface area contributed by atoms with Gasteiger partial charge >= 0.3 is 0 Å². The first-order valence-corrected chi connectivity index (χ1v) is 6.65. The lowest BCUT2D eigenvalue weighted by Gasteiger charge is -2.23. The van der Waals surface area contributed by atoms with E-state index in [2.05, 4.69) is 79.9 Å². The van der Waals surface area contributed by atoms with Crippen molar-refractivity contribution in [2.75, 3.05) is 17.7 Å². The van der Waals surface area contributed by atoms with Crippen LogP contribution in [0.25, 0.3) is 0 Å². The molecule has 0 heterocycles. The SMILES string of the molecule is CNc1ccc(Nc2ccccc2C(C)(C)C)cc1. The molecule has 0 saturated heterocycles. The molecule has 0 aliphatic heterocycles. The van der Waals surface area contributed by atoms with E-state index in [1.54, 1.807) is 0 Å². The van der Waals surface area contributed by atoms with E-state index in [9.17, 15) is 0 Å².